The number of thioether (sulfide) groups is 2. The van der Waals surface area contributed by atoms with Gasteiger partial charge >= 0.3 is 0 Å². The first-order valence-electron chi connectivity index (χ1n) is 13.6. The van der Waals surface area contributed by atoms with Crippen LogP contribution >= 0.6 is 23.5 Å². The van der Waals surface area contributed by atoms with E-state index in [9.17, 15) is 9.59 Å². The third kappa shape index (κ3) is 6.78. The molecular weight excluding hydrogens is 532 g/mol. The van der Waals surface area contributed by atoms with Gasteiger partial charge in [0, 0.05) is 28.0 Å². The van der Waals surface area contributed by atoms with Gasteiger partial charge in [-0.25, -0.2) is 0 Å². The molecule has 0 atom stereocenters. The van der Waals surface area contributed by atoms with Crippen LogP contribution in [0.2, 0.25) is 0 Å². The van der Waals surface area contributed by atoms with Crippen LogP contribution in [0.5, 0.6) is 12.0 Å². The van der Waals surface area contributed by atoms with Crippen LogP contribution in [0.25, 0.3) is 21.8 Å². The molecule has 0 saturated carbocycles. The van der Waals surface area contributed by atoms with Gasteiger partial charge in [0.05, 0.1) is 35.0 Å². The van der Waals surface area contributed by atoms with Crippen molar-refractivity contribution in [3.63, 3.8) is 0 Å². The maximum Gasteiger partial charge on any atom is 0.299 e. The molecular formula is C29H36N4O4S2. The van der Waals surface area contributed by atoms with E-state index in [1.54, 1.807) is 32.7 Å². The number of fused-ring (bicyclic) bond motifs is 2. The molecule has 10 heteroatoms. The molecule has 0 aliphatic rings. The minimum absolute atomic E-state index is 0.0734. The molecule has 0 bridgehead atoms. The van der Waals surface area contributed by atoms with Gasteiger partial charge in [-0.3, -0.25) is 18.7 Å². The average molecular weight is 569 g/mol. The van der Waals surface area contributed by atoms with E-state index < -0.39 is 0 Å². The van der Waals surface area contributed by atoms with Gasteiger partial charge in [-0.15, -0.1) is 23.5 Å². The van der Waals surface area contributed by atoms with Gasteiger partial charge < -0.3 is 9.47 Å². The molecule has 0 aliphatic carbocycles. The third-order valence-electron chi connectivity index (χ3n) is 6.00. The number of benzene rings is 2. The van der Waals surface area contributed by atoms with E-state index in [-0.39, 0.29) is 11.1 Å². The molecule has 0 unspecified atom stereocenters. The largest absolute Gasteiger partial charge is 0.465 e. The van der Waals surface area contributed by atoms with Crippen molar-refractivity contribution in [1.29, 1.82) is 0 Å². The Morgan fingerprint density at radius 3 is 1.49 bits per heavy atom. The lowest BCUT2D eigenvalue weighted by atomic mass is 10.2. The van der Waals surface area contributed by atoms with E-state index in [0.717, 1.165) is 40.6 Å². The molecule has 208 valence electrons. The van der Waals surface area contributed by atoms with Crippen LogP contribution < -0.4 is 20.6 Å². The molecule has 0 aliphatic heterocycles. The molecule has 8 nitrogen and oxygen atoms in total. The lowest BCUT2D eigenvalue weighted by Crippen LogP contribution is -2.24. The van der Waals surface area contributed by atoms with E-state index in [1.807, 2.05) is 64.1 Å². The lowest BCUT2D eigenvalue weighted by molar-refractivity contribution is 0.272. The van der Waals surface area contributed by atoms with Crippen LogP contribution in [0, 0.1) is 0 Å². The van der Waals surface area contributed by atoms with Crippen molar-refractivity contribution in [2.24, 2.45) is 0 Å². The van der Waals surface area contributed by atoms with Gasteiger partial charge in [-0.1, -0.05) is 27.7 Å². The highest BCUT2D eigenvalue weighted by atomic mass is 32.2. The van der Waals surface area contributed by atoms with Crippen LogP contribution in [0.15, 0.2) is 55.8 Å². The summed E-state index contributed by atoms with van der Waals surface area (Å²) in [5, 5.41) is 1.91. The normalized spacial score (nSPS) is 11.4. The quantitative estimate of drug-likeness (QED) is 0.129. The fourth-order valence-electron chi connectivity index (χ4n) is 4.15. The zero-order chi connectivity index (χ0) is 27.8. The molecule has 0 spiro atoms. The molecule has 4 aromatic rings. The summed E-state index contributed by atoms with van der Waals surface area (Å²) in [6, 6.07) is 12.3. The summed E-state index contributed by atoms with van der Waals surface area (Å²) < 4.78 is 14.8. The Hall–Kier alpha value is -2.98. The molecule has 4 rings (SSSR count). The number of hydrogen-bond acceptors (Lipinski definition) is 8. The third-order valence-corrected chi connectivity index (χ3v) is 8.11. The highest BCUT2D eigenvalue weighted by molar-refractivity contribution is 8.16. The Balaban J connectivity index is 1.53. The van der Waals surface area contributed by atoms with Crippen molar-refractivity contribution in [3.05, 3.63) is 57.1 Å². The first kappa shape index (κ1) is 29.0. The Labute approximate surface area is 237 Å². The monoisotopic (exact) mass is 568 g/mol. The standard InChI is InChI=1S/C29H36N4O4S2/c1-5-13-32-26(34)22-17-20(9-11-24(22)30-28(32)36-15-7-3)38-19-39-21-10-12-25-23(18-21)27(35)33(14-6-2)29(31-25)37-16-8-4/h9-12,17-18H,5-8,13-16,19H2,1-4H3. The van der Waals surface area contributed by atoms with Crippen molar-refractivity contribution < 1.29 is 9.47 Å². The van der Waals surface area contributed by atoms with Crippen molar-refractivity contribution in [1.82, 2.24) is 19.1 Å². The second-order valence-electron chi connectivity index (χ2n) is 9.16. The fraction of sp³-hybridized carbons (Fsp3) is 0.448. The second kappa shape index (κ2) is 13.9. The van der Waals surface area contributed by atoms with E-state index in [4.69, 9.17) is 9.47 Å². The molecule has 2 aromatic heterocycles. The van der Waals surface area contributed by atoms with Gasteiger partial charge in [0.25, 0.3) is 23.1 Å². The highest BCUT2D eigenvalue weighted by Gasteiger charge is 2.14. The zero-order valence-corrected chi connectivity index (χ0v) is 24.7. The summed E-state index contributed by atoms with van der Waals surface area (Å²) in [4.78, 5) is 37.7. The minimum atomic E-state index is -0.0734. The predicted molar refractivity (Wildman–Crippen MR) is 161 cm³/mol. The summed E-state index contributed by atoms with van der Waals surface area (Å²) >= 11 is 3.29. The predicted octanol–water partition coefficient (Wildman–Crippen LogP) is 6.35. The van der Waals surface area contributed by atoms with Crippen LogP contribution in [-0.4, -0.2) is 37.4 Å². The van der Waals surface area contributed by atoms with Crippen LogP contribution in [0.1, 0.15) is 53.4 Å². The summed E-state index contributed by atoms with van der Waals surface area (Å²) in [5.74, 6) is 0. The zero-order valence-electron chi connectivity index (χ0n) is 23.1. The van der Waals surface area contributed by atoms with E-state index in [0.29, 0.717) is 60.1 Å². The van der Waals surface area contributed by atoms with Crippen molar-refractivity contribution in [3.8, 4) is 12.0 Å². The Bertz CT molecular complexity index is 1440. The van der Waals surface area contributed by atoms with Gasteiger partial charge in [-0.05, 0) is 62.1 Å². The van der Waals surface area contributed by atoms with Crippen LogP contribution in [0.4, 0.5) is 0 Å². The highest BCUT2D eigenvalue weighted by Crippen LogP contribution is 2.30. The summed E-state index contributed by atoms with van der Waals surface area (Å²) in [7, 11) is 0. The lowest BCUT2D eigenvalue weighted by Gasteiger charge is -2.13. The van der Waals surface area contributed by atoms with Gasteiger partial charge in [0.2, 0.25) is 0 Å². The molecule has 0 fully saturated rings. The molecule has 2 aromatic carbocycles. The smallest absolute Gasteiger partial charge is 0.299 e. The van der Waals surface area contributed by atoms with Gasteiger partial charge in [0.1, 0.15) is 0 Å². The minimum Gasteiger partial charge on any atom is -0.465 e. The number of ether oxygens (including phenoxy) is 2. The maximum atomic E-state index is 13.2. The maximum absolute atomic E-state index is 13.2. The summed E-state index contributed by atoms with van der Waals surface area (Å²) in [6.07, 6.45) is 3.34. The van der Waals surface area contributed by atoms with E-state index in [1.165, 1.54) is 0 Å². The summed E-state index contributed by atoms with van der Waals surface area (Å²) in [6.45, 7) is 10.3. The summed E-state index contributed by atoms with van der Waals surface area (Å²) in [5.41, 5.74) is 1.14. The van der Waals surface area contributed by atoms with Crippen molar-refractivity contribution >= 4 is 45.3 Å². The number of nitrogens with zero attached hydrogens (tertiary/aromatic N) is 4. The Morgan fingerprint density at radius 1 is 0.667 bits per heavy atom. The Morgan fingerprint density at radius 2 is 1.10 bits per heavy atom. The number of aromatic nitrogens is 4. The first-order chi connectivity index (χ1) is 19.0. The van der Waals surface area contributed by atoms with Crippen LogP contribution in [0.3, 0.4) is 0 Å². The van der Waals surface area contributed by atoms with Crippen LogP contribution in [-0.2, 0) is 13.1 Å². The van der Waals surface area contributed by atoms with Gasteiger partial charge in [0.15, 0.2) is 0 Å². The average Bonchev–Trinajstić information content (AvgIpc) is 2.94. The SMILES string of the molecule is CCCOc1nc2ccc(SCSc3ccc4nc(OCCC)n(CCC)c(=O)c4c3)cc2c(=O)n1CCC. The van der Waals surface area contributed by atoms with E-state index >= 15 is 0 Å². The second-order valence-corrected chi connectivity index (χ2v) is 11.6. The van der Waals surface area contributed by atoms with Crippen molar-refractivity contribution in [2.75, 3.05) is 18.3 Å². The van der Waals surface area contributed by atoms with E-state index in [2.05, 4.69) is 9.97 Å². The van der Waals surface area contributed by atoms with Crippen molar-refractivity contribution in [2.45, 2.75) is 76.3 Å². The topological polar surface area (TPSA) is 88.2 Å². The molecule has 0 saturated heterocycles. The molecule has 39 heavy (non-hydrogen) atoms. The van der Waals surface area contributed by atoms with Gasteiger partial charge in [-0.2, -0.15) is 9.97 Å². The molecule has 0 radical (unpaired) electrons. The first-order valence-corrected chi connectivity index (χ1v) is 15.6. The fourth-order valence-corrected chi connectivity index (χ4v) is 6.21. The Kier molecular flexibility index (Phi) is 10.3. The number of hydrogen-bond donors (Lipinski definition) is 0. The molecule has 0 amide bonds. The molecule has 2 heterocycles. The molecule has 0 N–H and O–H groups in total. The number of rotatable bonds is 14.